The molecule has 9 heavy (non-hydrogen) atoms. The molecule has 1 saturated carbocycles. The lowest BCUT2D eigenvalue weighted by atomic mass is 10.2. The van der Waals surface area contributed by atoms with Crippen LogP contribution < -0.4 is 0 Å². The molecule has 1 heteroatoms. The Bertz CT molecular complexity index is 112. The van der Waals surface area contributed by atoms with Crippen LogP contribution in [0.15, 0.2) is 11.6 Å². The van der Waals surface area contributed by atoms with E-state index in [1.165, 1.54) is 19.3 Å². The predicted molar refractivity (Wildman–Crippen MR) is 44.9 cm³/mol. The van der Waals surface area contributed by atoms with Crippen molar-refractivity contribution in [3.63, 3.8) is 0 Å². The normalized spacial score (nSPS) is 20.4. The highest BCUT2D eigenvalue weighted by Gasteiger charge is 2.22. The second-order valence-corrected chi connectivity index (χ2v) is 3.49. The Labute approximate surface area is 65.5 Å². The Morgan fingerprint density at radius 3 is 2.78 bits per heavy atom. The van der Waals surface area contributed by atoms with Crippen LogP contribution in [0.4, 0.5) is 0 Å². The van der Waals surface area contributed by atoms with E-state index in [4.69, 9.17) is 0 Å². The van der Waals surface area contributed by atoms with Crippen molar-refractivity contribution in [2.24, 2.45) is 5.92 Å². The van der Waals surface area contributed by atoms with Gasteiger partial charge >= 0.3 is 0 Å². The van der Waals surface area contributed by atoms with Crippen LogP contribution in [0, 0.1) is 5.92 Å². The largest absolute Gasteiger partial charge is 0.0925 e. The summed E-state index contributed by atoms with van der Waals surface area (Å²) >= 11 is 3.40. The highest BCUT2D eigenvalue weighted by Crippen LogP contribution is 2.36. The molecule has 0 bridgehead atoms. The number of hydrogen-bond acceptors (Lipinski definition) is 0. The third kappa shape index (κ3) is 2.53. The molecular formula is C8H13Br. The monoisotopic (exact) mass is 188 g/mol. The van der Waals surface area contributed by atoms with Crippen LogP contribution >= 0.6 is 15.9 Å². The Balaban J connectivity index is 2.20. The molecular weight excluding hydrogens is 176 g/mol. The molecule has 52 valence electrons. The fraction of sp³-hybridized carbons (Fsp3) is 0.750. The first kappa shape index (κ1) is 7.33. The third-order valence-electron chi connectivity index (χ3n) is 1.80. The molecule has 1 aliphatic carbocycles. The summed E-state index contributed by atoms with van der Waals surface area (Å²) in [5, 5.41) is 1.11. The number of rotatable bonds is 3. The molecule has 0 aliphatic heterocycles. The lowest BCUT2D eigenvalue weighted by Crippen LogP contribution is -1.78. The van der Waals surface area contributed by atoms with E-state index in [0.29, 0.717) is 0 Å². The van der Waals surface area contributed by atoms with Gasteiger partial charge in [0.05, 0.1) is 0 Å². The summed E-state index contributed by atoms with van der Waals surface area (Å²) in [5.74, 6) is 0.962. The van der Waals surface area contributed by atoms with Gasteiger partial charge in [-0.1, -0.05) is 27.6 Å². The summed E-state index contributed by atoms with van der Waals surface area (Å²) in [5.41, 5.74) is 1.61. The number of halogens is 1. The molecule has 0 nitrogen and oxygen atoms in total. The van der Waals surface area contributed by atoms with Crippen molar-refractivity contribution in [1.82, 2.24) is 0 Å². The second-order valence-electron chi connectivity index (χ2n) is 2.70. The summed E-state index contributed by atoms with van der Waals surface area (Å²) < 4.78 is 0. The van der Waals surface area contributed by atoms with Crippen molar-refractivity contribution in [1.29, 1.82) is 0 Å². The van der Waals surface area contributed by atoms with Gasteiger partial charge in [-0.05, 0) is 32.1 Å². The molecule has 0 aromatic heterocycles. The molecule has 0 atom stereocenters. The van der Waals surface area contributed by atoms with Crippen LogP contribution in [0.5, 0.6) is 0 Å². The van der Waals surface area contributed by atoms with Crippen molar-refractivity contribution >= 4 is 15.9 Å². The van der Waals surface area contributed by atoms with Crippen molar-refractivity contribution < 1.29 is 0 Å². The maximum absolute atomic E-state index is 3.40. The van der Waals surface area contributed by atoms with E-state index in [0.717, 1.165) is 11.2 Å². The maximum Gasteiger partial charge on any atom is 0.00660 e. The zero-order valence-corrected chi connectivity index (χ0v) is 7.45. The number of alkyl halides is 1. The van der Waals surface area contributed by atoms with Gasteiger partial charge in [-0.15, -0.1) is 0 Å². The van der Waals surface area contributed by atoms with E-state index in [1.807, 2.05) is 0 Å². The lowest BCUT2D eigenvalue weighted by molar-refractivity contribution is 0.984. The minimum Gasteiger partial charge on any atom is -0.0925 e. The molecule has 1 aliphatic rings. The van der Waals surface area contributed by atoms with Crippen molar-refractivity contribution in [3.8, 4) is 0 Å². The van der Waals surface area contributed by atoms with E-state index in [1.54, 1.807) is 5.57 Å². The molecule has 0 unspecified atom stereocenters. The van der Waals surface area contributed by atoms with Gasteiger partial charge in [0.2, 0.25) is 0 Å². The first-order valence-electron chi connectivity index (χ1n) is 3.57. The Kier molecular flexibility index (Phi) is 2.77. The Morgan fingerprint density at radius 1 is 1.67 bits per heavy atom. The summed E-state index contributed by atoms with van der Waals surface area (Å²) in [4.78, 5) is 0. The van der Waals surface area contributed by atoms with E-state index < -0.39 is 0 Å². The molecule has 0 radical (unpaired) electrons. The molecule has 0 aromatic rings. The van der Waals surface area contributed by atoms with Crippen LogP contribution in [0.25, 0.3) is 0 Å². The number of allylic oxidation sites excluding steroid dienone is 2. The predicted octanol–water partition coefficient (Wildman–Crippen LogP) is 3.13. The van der Waals surface area contributed by atoms with Crippen molar-refractivity contribution in [3.05, 3.63) is 11.6 Å². The number of hydrogen-bond donors (Lipinski definition) is 0. The molecule has 1 rings (SSSR count). The van der Waals surface area contributed by atoms with Gasteiger partial charge < -0.3 is 0 Å². The van der Waals surface area contributed by atoms with Gasteiger partial charge in [-0.3, -0.25) is 0 Å². The molecule has 1 fully saturated rings. The highest BCUT2D eigenvalue weighted by molar-refractivity contribution is 9.09. The van der Waals surface area contributed by atoms with Crippen molar-refractivity contribution in [2.45, 2.75) is 26.2 Å². The Morgan fingerprint density at radius 2 is 2.33 bits per heavy atom. The highest BCUT2D eigenvalue weighted by atomic mass is 79.9. The molecule has 0 amide bonds. The zero-order chi connectivity index (χ0) is 6.69. The summed E-state index contributed by atoms with van der Waals surface area (Å²) in [6.45, 7) is 2.25. The van der Waals surface area contributed by atoms with Gasteiger partial charge in [-0.2, -0.15) is 0 Å². The summed E-state index contributed by atoms with van der Waals surface area (Å²) in [6, 6.07) is 0. The van der Waals surface area contributed by atoms with Crippen LogP contribution in [0.3, 0.4) is 0 Å². The second kappa shape index (κ2) is 3.40. The van der Waals surface area contributed by atoms with E-state index in [2.05, 4.69) is 28.9 Å². The maximum atomic E-state index is 3.40. The lowest BCUT2D eigenvalue weighted by Gasteiger charge is -1.93. The molecule has 0 aromatic carbocycles. The van der Waals surface area contributed by atoms with Crippen LogP contribution in [0.2, 0.25) is 0 Å². The van der Waals surface area contributed by atoms with Gasteiger partial charge in [-0.25, -0.2) is 0 Å². The van der Waals surface area contributed by atoms with E-state index >= 15 is 0 Å². The fourth-order valence-corrected chi connectivity index (χ4v) is 1.22. The first-order valence-corrected chi connectivity index (χ1v) is 4.69. The summed E-state index contributed by atoms with van der Waals surface area (Å²) in [7, 11) is 0. The molecule has 0 N–H and O–H groups in total. The van der Waals surface area contributed by atoms with E-state index in [9.17, 15) is 0 Å². The molecule has 0 spiro atoms. The standard InChI is InChI=1S/C8H13Br/c1-7(3-2-6-9)8-4-5-8/h3,8H,2,4-6H2,1H3. The summed E-state index contributed by atoms with van der Waals surface area (Å²) in [6.07, 6.45) is 6.42. The molecule has 0 saturated heterocycles. The third-order valence-corrected chi connectivity index (χ3v) is 2.25. The topological polar surface area (TPSA) is 0 Å². The average Bonchev–Trinajstić information content (AvgIpc) is 2.63. The van der Waals surface area contributed by atoms with Crippen molar-refractivity contribution in [2.75, 3.05) is 5.33 Å². The first-order chi connectivity index (χ1) is 4.34. The average molecular weight is 189 g/mol. The zero-order valence-electron chi connectivity index (χ0n) is 5.86. The van der Waals surface area contributed by atoms with Gasteiger partial charge in [0.15, 0.2) is 0 Å². The van der Waals surface area contributed by atoms with Crippen LogP contribution in [0.1, 0.15) is 26.2 Å². The van der Waals surface area contributed by atoms with Crippen LogP contribution in [-0.2, 0) is 0 Å². The SMILES string of the molecule is CC(=CCCBr)C1CC1. The molecule has 0 heterocycles. The van der Waals surface area contributed by atoms with Gasteiger partial charge in [0, 0.05) is 5.33 Å². The fourth-order valence-electron chi connectivity index (χ4n) is 0.988. The van der Waals surface area contributed by atoms with Crippen LogP contribution in [-0.4, -0.2) is 5.33 Å². The minimum absolute atomic E-state index is 0.962. The van der Waals surface area contributed by atoms with Gasteiger partial charge in [0.25, 0.3) is 0 Å². The van der Waals surface area contributed by atoms with Gasteiger partial charge in [0.1, 0.15) is 0 Å². The smallest absolute Gasteiger partial charge is 0.00660 e. The Hall–Kier alpha value is 0.220. The quantitative estimate of drug-likeness (QED) is 0.472. The van der Waals surface area contributed by atoms with E-state index in [-0.39, 0.29) is 0 Å². The minimum atomic E-state index is 0.962.